The number of aromatic hydroxyl groups is 1. The Kier molecular flexibility index (Phi) is 5.84. The van der Waals surface area contributed by atoms with E-state index in [0.29, 0.717) is 13.1 Å². The van der Waals surface area contributed by atoms with E-state index in [1.807, 2.05) is 0 Å². The van der Waals surface area contributed by atoms with Gasteiger partial charge in [-0.1, -0.05) is 31.4 Å². The van der Waals surface area contributed by atoms with Crippen molar-refractivity contribution in [1.82, 2.24) is 13.5 Å². The molecule has 1 aromatic rings. The third kappa shape index (κ3) is 3.87. The number of amides is 1. The number of benzene rings is 1. The highest BCUT2D eigenvalue weighted by Gasteiger charge is 2.35. The summed E-state index contributed by atoms with van der Waals surface area (Å²) in [6.45, 7) is 1.20. The van der Waals surface area contributed by atoms with Crippen molar-refractivity contribution in [3.63, 3.8) is 0 Å². The largest absolute Gasteiger partial charge is 0.507 e. The summed E-state index contributed by atoms with van der Waals surface area (Å²) in [5, 5.41) is 9.85. The predicted molar refractivity (Wildman–Crippen MR) is 99.1 cm³/mol. The standard InChI is InChI=1S/C18H27N3O4S/c1-19(15-7-3-2-4-8-15)26(24,25)21-13-11-20(12-14-21)18(23)16-9-5-6-10-17(16)22/h5-6,9-10,15,22H,2-4,7-8,11-14H2,1H3. The molecular weight excluding hydrogens is 354 g/mol. The zero-order chi connectivity index (χ0) is 18.7. The molecule has 1 aromatic carbocycles. The molecular formula is C18H27N3O4S. The van der Waals surface area contributed by atoms with Gasteiger partial charge in [0.15, 0.2) is 0 Å². The molecule has 0 aromatic heterocycles. The van der Waals surface area contributed by atoms with E-state index in [4.69, 9.17) is 0 Å². The number of hydrogen-bond acceptors (Lipinski definition) is 4. The summed E-state index contributed by atoms with van der Waals surface area (Å²) < 4.78 is 28.8. The molecule has 0 atom stereocenters. The Labute approximate surface area is 155 Å². The molecule has 1 aliphatic heterocycles. The van der Waals surface area contributed by atoms with Crippen LogP contribution in [0, 0.1) is 0 Å². The molecule has 0 bridgehead atoms. The average Bonchev–Trinajstić information content (AvgIpc) is 2.68. The van der Waals surface area contributed by atoms with Crippen LogP contribution in [0.25, 0.3) is 0 Å². The molecule has 1 saturated heterocycles. The summed E-state index contributed by atoms with van der Waals surface area (Å²) in [6.07, 6.45) is 5.17. The Morgan fingerprint density at radius 1 is 1.08 bits per heavy atom. The van der Waals surface area contributed by atoms with Crippen LogP contribution in [0.15, 0.2) is 24.3 Å². The fourth-order valence-corrected chi connectivity index (χ4v) is 5.34. The van der Waals surface area contributed by atoms with Gasteiger partial charge >= 0.3 is 0 Å². The van der Waals surface area contributed by atoms with Gasteiger partial charge in [0.1, 0.15) is 5.75 Å². The number of nitrogens with zero attached hydrogens (tertiary/aromatic N) is 3. The van der Waals surface area contributed by atoms with Crippen molar-refractivity contribution >= 4 is 16.1 Å². The smallest absolute Gasteiger partial charge is 0.282 e. The lowest BCUT2D eigenvalue weighted by atomic mass is 9.96. The first kappa shape index (κ1) is 19.1. The fourth-order valence-electron chi connectivity index (χ4n) is 3.76. The van der Waals surface area contributed by atoms with Gasteiger partial charge in [0.05, 0.1) is 5.56 Å². The lowest BCUT2D eigenvalue weighted by Crippen LogP contribution is -2.55. The van der Waals surface area contributed by atoms with E-state index in [1.54, 1.807) is 30.1 Å². The Bertz CT molecular complexity index is 739. The Morgan fingerprint density at radius 3 is 2.31 bits per heavy atom. The average molecular weight is 381 g/mol. The van der Waals surface area contributed by atoms with Gasteiger partial charge in [-0.2, -0.15) is 17.0 Å². The molecule has 1 saturated carbocycles. The van der Waals surface area contributed by atoms with Crippen molar-refractivity contribution in [3.8, 4) is 5.75 Å². The van der Waals surface area contributed by atoms with E-state index in [0.717, 1.165) is 25.7 Å². The lowest BCUT2D eigenvalue weighted by Gasteiger charge is -2.38. The maximum absolute atomic E-state index is 12.9. The van der Waals surface area contributed by atoms with Crippen molar-refractivity contribution in [2.45, 2.75) is 38.1 Å². The van der Waals surface area contributed by atoms with Gasteiger partial charge in [0, 0.05) is 39.3 Å². The predicted octanol–water partition coefficient (Wildman–Crippen LogP) is 1.66. The first-order chi connectivity index (χ1) is 12.4. The number of piperazine rings is 1. The Balaban J connectivity index is 1.62. The van der Waals surface area contributed by atoms with Crippen molar-refractivity contribution in [2.75, 3.05) is 33.2 Å². The molecule has 2 fully saturated rings. The van der Waals surface area contributed by atoms with E-state index in [2.05, 4.69) is 0 Å². The van der Waals surface area contributed by atoms with Crippen molar-refractivity contribution in [3.05, 3.63) is 29.8 Å². The number of rotatable bonds is 4. The molecule has 1 N–H and O–H groups in total. The minimum absolute atomic E-state index is 0.0513. The quantitative estimate of drug-likeness (QED) is 0.860. The van der Waals surface area contributed by atoms with Gasteiger partial charge in [-0.3, -0.25) is 4.79 Å². The van der Waals surface area contributed by atoms with Crippen LogP contribution < -0.4 is 0 Å². The van der Waals surface area contributed by atoms with Crippen LogP contribution in [0.2, 0.25) is 0 Å². The normalized spacial score (nSPS) is 20.5. The SMILES string of the molecule is CN(C1CCCCC1)S(=O)(=O)N1CCN(C(=O)c2ccccc2O)CC1. The van der Waals surface area contributed by atoms with Crippen molar-refractivity contribution < 1.29 is 18.3 Å². The van der Waals surface area contributed by atoms with Crippen LogP contribution in [0.1, 0.15) is 42.5 Å². The minimum atomic E-state index is -3.50. The first-order valence-electron chi connectivity index (χ1n) is 9.21. The maximum Gasteiger partial charge on any atom is 0.282 e. The number of carbonyl (C=O) groups is 1. The molecule has 7 nitrogen and oxygen atoms in total. The molecule has 3 rings (SSSR count). The molecule has 1 aliphatic carbocycles. The highest BCUT2D eigenvalue weighted by Crippen LogP contribution is 2.25. The Morgan fingerprint density at radius 2 is 1.69 bits per heavy atom. The zero-order valence-corrected chi connectivity index (χ0v) is 16.0. The van der Waals surface area contributed by atoms with Crippen molar-refractivity contribution in [2.24, 2.45) is 0 Å². The fraction of sp³-hybridized carbons (Fsp3) is 0.611. The molecule has 8 heteroatoms. The molecule has 1 heterocycles. The van der Waals surface area contributed by atoms with Crippen LogP contribution in [0.5, 0.6) is 5.75 Å². The van der Waals surface area contributed by atoms with E-state index in [1.165, 1.54) is 21.1 Å². The van der Waals surface area contributed by atoms with Gasteiger partial charge in [0.25, 0.3) is 16.1 Å². The van der Waals surface area contributed by atoms with Gasteiger partial charge in [-0.15, -0.1) is 0 Å². The number of hydrogen-bond donors (Lipinski definition) is 1. The van der Waals surface area contributed by atoms with Crippen LogP contribution in [0.3, 0.4) is 0 Å². The van der Waals surface area contributed by atoms with Crippen LogP contribution >= 0.6 is 0 Å². The van der Waals surface area contributed by atoms with Gasteiger partial charge in [-0.05, 0) is 25.0 Å². The third-order valence-electron chi connectivity index (χ3n) is 5.44. The third-order valence-corrected chi connectivity index (χ3v) is 7.48. The van der Waals surface area contributed by atoms with Crippen molar-refractivity contribution in [1.29, 1.82) is 0 Å². The molecule has 2 aliphatic rings. The summed E-state index contributed by atoms with van der Waals surface area (Å²) >= 11 is 0. The van der Waals surface area contributed by atoms with E-state index in [9.17, 15) is 18.3 Å². The molecule has 0 radical (unpaired) electrons. The molecule has 1 amide bonds. The highest BCUT2D eigenvalue weighted by molar-refractivity contribution is 7.86. The summed E-state index contributed by atoms with van der Waals surface area (Å²) in [5.41, 5.74) is 0.253. The molecule has 0 spiro atoms. The molecule has 26 heavy (non-hydrogen) atoms. The van der Waals surface area contributed by atoms with Crippen LogP contribution in [-0.4, -0.2) is 72.2 Å². The molecule has 144 valence electrons. The van der Waals surface area contributed by atoms with Crippen LogP contribution in [-0.2, 0) is 10.2 Å². The lowest BCUT2D eigenvalue weighted by molar-refractivity contribution is 0.0690. The Hall–Kier alpha value is -1.64. The number of para-hydroxylation sites is 1. The highest BCUT2D eigenvalue weighted by atomic mass is 32.2. The summed E-state index contributed by atoms with van der Waals surface area (Å²) in [7, 11) is -1.83. The zero-order valence-electron chi connectivity index (χ0n) is 15.2. The number of phenolic OH excluding ortho intramolecular Hbond substituents is 1. The van der Waals surface area contributed by atoms with Gasteiger partial charge in [-0.25, -0.2) is 0 Å². The summed E-state index contributed by atoms with van der Waals surface area (Å²) in [6, 6.07) is 6.50. The number of phenols is 1. The second kappa shape index (κ2) is 7.94. The second-order valence-electron chi connectivity index (χ2n) is 7.02. The van der Waals surface area contributed by atoms with E-state index >= 15 is 0 Å². The summed E-state index contributed by atoms with van der Waals surface area (Å²) in [5.74, 6) is -0.314. The minimum Gasteiger partial charge on any atom is -0.507 e. The monoisotopic (exact) mass is 381 g/mol. The maximum atomic E-state index is 12.9. The van der Waals surface area contributed by atoms with Crippen LogP contribution in [0.4, 0.5) is 0 Å². The van der Waals surface area contributed by atoms with E-state index < -0.39 is 10.2 Å². The molecule has 0 unspecified atom stereocenters. The van der Waals surface area contributed by atoms with E-state index in [-0.39, 0.29) is 36.4 Å². The number of carbonyl (C=O) groups excluding carboxylic acids is 1. The topological polar surface area (TPSA) is 81.2 Å². The van der Waals surface area contributed by atoms with Gasteiger partial charge in [0.2, 0.25) is 0 Å². The first-order valence-corrected chi connectivity index (χ1v) is 10.6. The van der Waals surface area contributed by atoms with Gasteiger partial charge < -0.3 is 10.0 Å². The summed E-state index contributed by atoms with van der Waals surface area (Å²) in [4.78, 5) is 14.1. The second-order valence-corrected chi connectivity index (χ2v) is 9.01.